The number of carbonyl (C=O) groups excluding carboxylic acids is 2. The van der Waals surface area contributed by atoms with E-state index in [1.54, 1.807) is 17.0 Å². The van der Waals surface area contributed by atoms with Gasteiger partial charge in [-0.15, -0.1) is 0 Å². The lowest BCUT2D eigenvalue weighted by atomic mass is 10.1. The van der Waals surface area contributed by atoms with Gasteiger partial charge in [0.25, 0.3) is 0 Å². The van der Waals surface area contributed by atoms with E-state index in [2.05, 4.69) is 5.32 Å². The lowest BCUT2D eigenvalue weighted by Crippen LogP contribution is -2.32. The van der Waals surface area contributed by atoms with Crippen LogP contribution in [0.25, 0.3) is 0 Å². The molecule has 0 aliphatic carbocycles. The quantitative estimate of drug-likeness (QED) is 0.845. The van der Waals surface area contributed by atoms with E-state index in [1.807, 2.05) is 43.3 Å². The number of rotatable bonds is 6. The molecule has 1 fully saturated rings. The third-order valence-corrected chi connectivity index (χ3v) is 4.66. The molecule has 0 radical (unpaired) electrons. The summed E-state index contributed by atoms with van der Waals surface area (Å²) < 4.78 is 5.40. The van der Waals surface area contributed by atoms with Crippen molar-refractivity contribution in [3.63, 3.8) is 0 Å². The van der Waals surface area contributed by atoms with E-state index in [0.717, 1.165) is 11.3 Å². The first kappa shape index (κ1) is 18.3. The molecule has 2 aromatic carbocycles. The summed E-state index contributed by atoms with van der Waals surface area (Å²) in [6.45, 7) is 3.32. The van der Waals surface area contributed by atoms with Crippen LogP contribution in [0, 0.1) is 5.92 Å². The highest BCUT2D eigenvalue weighted by Gasteiger charge is 2.35. The first-order valence-corrected chi connectivity index (χ1v) is 9.00. The molecular weight excluding hydrogens is 352 g/mol. The van der Waals surface area contributed by atoms with Crippen LogP contribution in [0.4, 0.5) is 5.69 Å². The fraction of sp³-hybridized carbons (Fsp3) is 0.300. The molecule has 0 saturated carbocycles. The predicted octanol–water partition coefficient (Wildman–Crippen LogP) is 3.41. The first-order valence-electron chi connectivity index (χ1n) is 8.63. The molecule has 1 aliphatic rings. The molecular formula is C20H21ClN2O3. The van der Waals surface area contributed by atoms with E-state index < -0.39 is 0 Å². The summed E-state index contributed by atoms with van der Waals surface area (Å²) in [6, 6.07) is 14.8. The molecule has 1 saturated heterocycles. The minimum atomic E-state index is -0.374. The Balaban J connectivity index is 1.57. The Kier molecular flexibility index (Phi) is 5.78. The summed E-state index contributed by atoms with van der Waals surface area (Å²) in [5, 5.41) is 3.42. The van der Waals surface area contributed by atoms with Gasteiger partial charge in [0, 0.05) is 19.5 Å². The number of benzene rings is 2. The van der Waals surface area contributed by atoms with E-state index in [-0.39, 0.29) is 24.2 Å². The van der Waals surface area contributed by atoms with Gasteiger partial charge in [0.2, 0.25) is 11.8 Å². The number of anilines is 1. The third-order valence-electron chi connectivity index (χ3n) is 4.34. The molecule has 1 N–H and O–H groups in total. The van der Waals surface area contributed by atoms with Crippen LogP contribution in [0.2, 0.25) is 5.02 Å². The van der Waals surface area contributed by atoms with Crippen molar-refractivity contribution in [1.82, 2.24) is 5.32 Å². The average Bonchev–Trinajstić information content (AvgIpc) is 3.03. The van der Waals surface area contributed by atoms with Crippen molar-refractivity contribution < 1.29 is 14.3 Å². The highest BCUT2D eigenvalue weighted by molar-refractivity contribution is 6.33. The molecule has 136 valence electrons. The average molecular weight is 373 g/mol. The number of halogens is 1. The summed E-state index contributed by atoms with van der Waals surface area (Å²) in [6.07, 6.45) is 0.195. The number of nitrogens with zero attached hydrogens (tertiary/aromatic N) is 1. The van der Waals surface area contributed by atoms with Gasteiger partial charge in [-0.05, 0) is 36.8 Å². The monoisotopic (exact) mass is 372 g/mol. The molecule has 5 nitrogen and oxygen atoms in total. The van der Waals surface area contributed by atoms with Crippen molar-refractivity contribution in [2.24, 2.45) is 5.92 Å². The maximum absolute atomic E-state index is 12.4. The Morgan fingerprint density at radius 2 is 1.96 bits per heavy atom. The Hall–Kier alpha value is -2.53. The standard InChI is InChI=1S/C20H21ClN2O3/c1-2-26-16-9-7-14(8-10-16)12-22-20(25)15-11-19(24)23(13-15)18-6-4-3-5-17(18)21/h3-10,15H,2,11-13H2,1H3,(H,22,25)/t15-/m1/s1. The van der Waals surface area contributed by atoms with Gasteiger partial charge in [-0.25, -0.2) is 0 Å². The van der Waals surface area contributed by atoms with Crippen molar-refractivity contribution in [3.05, 3.63) is 59.1 Å². The molecule has 0 spiro atoms. The van der Waals surface area contributed by atoms with Gasteiger partial charge >= 0.3 is 0 Å². The predicted molar refractivity (Wildman–Crippen MR) is 101 cm³/mol. The maximum Gasteiger partial charge on any atom is 0.227 e. The molecule has 1 atom stereocenters. The molecule has 0 bridgehead atoms. The Morgan fingerprint density at radius 3 is 2.65 bits per heavy atom. The SMILES string of the molecule is CCOc1ccc(CNC(=O)[C@@H]2CC(=O)N(c3ccccc3Cl)C2)cc1. The van der Waals surface area contributed by atoms with Crippen LogP contribution in [0.5, 0.6) is 5.75 Å². The fourth-order valence-electron chi connectivity index (χ4n) is 2.99. The molecule has 1 aliphatic heterocycles. The molecule has 0 unspecified atom stereocenters. The fourth-order valence-corrected chi connectivity index (χ4v) is 3.23. The summed E-state index contributed by atoms with van der Waals surface area (Å²) in [5.41, 5.74) is 1.63. The summed E-state index contributed by atoms with van der Waals surface area (Å²) in [4.78, 5) is 26.3. The van der Waals surface area contributed by atoms with Gasteiger partial charge in [-0.3, -0.25) is 9.59 Å². The molecule has 26 heavy (non-hydrogen) atoms. The summed E-state index contributed by atoms with van der Waals surface area (Å²) >= 11 is 6.17. The number of carbonyl (C=O) groups is 2. The smallest absolute Gasteiger partial charge is 0.227 e. The number of ether oxygens (including phenoxy) is 1. The van der Waals surface area contributed by atoms with Gasteiger partial charge in [0.05, 0.1) is 23.2 Å². The van der Waals surface area contributed by atoms with Crippen LogP contribution in [0.15, 0.2) is 48.5 Å². The minimum Gasteiger partial charge on any atom is -0.494 e. The topological polar surface area (TPSA) is 58.6 Å². The number of amides is 2. The van der Waals surface area contributed by atoms with Crippen LogP contribution < -0.4 is 15.0 Å². The molecule has 1 heterocycles. The van der Waals surface area contributed by atoms with Crippen LogP contribution >= 0.6 is 11.6 Å². The Bertz CT molecular complexity index is 792. The largest absolute Gasteiger partial charge is 0.494 e. The van der Waals surface area contributed by atoms with E-state index in [4.69, 9.17) is 16.3 Å². The van der Waals surface area contributed by atoms with Gasteiger partial charge in [-0.2, -0.15) is 0 Å². The van der Waals surface area contributed by atoms with Crippen molar-refractivity contribution in [3.8, 4) is 5.75 Å². The number of hydrogen-bond acceptors (Lipinski definition) is 3. The van der Waals surface area contributed by atoms with Crippen molar-refractivity contribution in [1.29, 1.82) is 0 Å². The molecule has 3 rings (SSSR count). The maximum atomic E-state index is 12.4. The van der Waals surface area contributed by atoms with Crippen LogP contribution in [-0.4, -0.2) is 25.0 Å². The minimum absolute atomic E-state index is 0.0840. The lowest BCUT2D eigenvalue weighted by molar-refractivity contribution is -0.126. The summed E-state index contributed by atoms with van der Waals surface area (Å²) in [5.74, 6) is 0.224. The second-order valence-electron chi connectivity index (χ2n) is 6.15. The zero-order valence-corrected chi connectivity index (χ0v) is 15.3. The second-order valence-corrected chi connectivity index (χ2v) is 6.56. The van der Waals surface area contributed by atoms with Crippen molar-refractivity contribution in [2.75, 3.05) is 18.1 Å². The highest BCUT2D eigenvalue weighted by Crippen LogP contribution is 2.31. The number of hydrogen-bond donors (Lipinski definition) is 1. The second kappa shape index (κ2) is 8.23. The van der Waals surface area contributed by atoms with Crippen molar-refractivity contribution in [2.45, 2.75) is 19.9 Å². The zero-order valence-electron chi connectivity index (χ0n) is 14.6. The van der Waals surface area contributed by atoms with E-state index in [9.17, 15) is 9.59 Å². The first-order chi connectivity index (χ1) is 12.6. The van der Waals surface area contributed by atoms with Crippen LogP contribution in [0.3, 0.4) is 0 Å². The zero-order chi connectivity index (χ0) is 18.5. The van der Waals surface area contributed by atoms with E-state index >= 15 is 0 Å². The van der Waals surface area contributed by atoms with E-state index in [1.165, 1.54) is 0 Å². The molecule has 2 aromatic rings. The van der Waals surface area contributed by atoms with Gasteiger partial charge in [0.15, 0.2) is 0 Å². The lowest BCUT2D eigenvalue weighted by Gasteiger charge is -2.18. The van der Waals surface area contributed by atoms with Gasteiger partial charge in [-0.1, -0.05) is 35.9 Å². The normalized spacial score (nSPS) is 16.6. The number of nitrogens with one attached hydrogen (secondary N) is 1. The van der Waals surface area contributed by atoms with Crippen LogP contribution in [0.1, 0.15) is 18.9 Å². The van der Waals surface area contributed by atoms with Crippen LogP contribution in [-0.2, 0) is 16.1 Å². The summed E-state index contributed by atoms with van der Waals surface area (Å²) in [7, 11) is 0. The molecule has 2 amide bonds. The highest BCUT2D eigenvalue weighted by atomic mass is 35.5. The van der Waals surface area contributed by atoms with Gasteiger partial charge < -0.3 is 15.0 Å². The Morgan fingerprint density at radius 1 is 1.23 bits per heavy atom. The van der Waals surface area contributed by atoms with Crippen molar-refractivity contribution >= 4 is 29.1 Å². The molecule has 0 aromatic heterocycles. The van der Waals surface area contributed by atoms with Gasteiger partial charge in [0.1, 0.15) is 5.75 Å². The third kappa shape index (κ3) is 4.17. The molecule has 6 heteroatoms. The Labute approximate surface area is 157 Å². The van der Waals surface area contributed by atoms with E-state index in [0.29, 0.717) is 30.4 Å². The number of para-hydroxylation sites is 1.